The fraction of sp³-hybridized carbons (Fsp3) is 0.688. The molecule has 2 fully saturated rings. The van der Waals surface area contributed by atoms with Gasteiger partial charge in [-0.25, -0.2) is 4.98 Å². The van der Waals surface area contributed by atoms with Gasteiger partial charge in [0, 0.05) is 31.1 Å². The fourth-order valence-electron chi connectivity index (χ4n) is 4.16. The van der Waals surface area contributed by atoms with Crippen molar-refractivity contribution in [2.24, 2.45) is 5.92 Å². The van der Waals surface area contributed by atoms with Gasteiger partial charge in [-0.1, -0.05) is 0 Å². The summed E-state index contributed by atoms with van der Waals surface area (Å²) in [6.45, 7) is 1.90. The van der Waals surface area contributed by atoms with Crippen LogP contribution in [0.3, 0.4) is 0 Å². The molecule has 0 aromatic carbocycles. The predicted octanol–water partition coefficient (Wildman–Crippen LogP) is 1.04. The van der Waals surface area contributed by atoms with E-state index in [0.717, 1.165) is 50.3 Å². The van der Waals surface area contributed by atoms with Crippen molar-refractivity contribution in [1.29, 1.82) is 0 Å². The Kier molecular flexibility index (Phi) is 3.39. The van der Waals surface area contributed by atoms with Crippen molar-refractivity contribution in [3.8, 4) is 0 Å². The molecule has 2 aliphatic heterocycles. The Labute approximate surface area is 130 Å². The molecule has 0 radical (unpaired) electrons. The Morgan fingerprint density at radius 3 is 2.91 bits per heavy atom. The molecule has 22 heavy (non-hydrogen) atoms. The van der Waals surface area contributed by atoms with Gasteiger partial charge in [0.05, 0.1) is 5.69 Å². The molecule has 1 aliphatic carbocycles. The summed E-state index contributed by atoms with van der Waals surface area (Å²) in [5, 5.41) is 3.14. The molecule has 4 rings (SSSR count). The number of rotatable bonds is 1. The second-order valence-electron chi connectivity index (χ2n) is 6.75. The van der Waals surface area contributed by atoms with E-state index in [2.05, 4.69) is 20.2 Å². The highest BCUT2D eigenvalue weighted by Crippen LogP contribution is 2.33. The van der Waals surface area contributed by atoms with Crippen molar-refractivity contribution >= 4 is 17.7 Å². The molecule has 0 spiro atoms. The Hall–Kier alpha value is -1.85. The molecule has 2 atom stereocenters. The molecule has 0 saturated carbocycles. The van der Waals surface area contributed by atoms with Gasteiger partial charge < -0.3 is 16.0 Å². The summed E-state index contributed by atoms with van der Waals surface area (Å²) in [5.74, 6) is 2.19. The standard InChI is InChI=1S/C16H23N5O/c17-16-19-13-4-2-1-3-11(13)15(20-16)21-8-7-12-10(9-21)5-6-14(22)18-12/h10,12H,1-9H2,(H,18,22)(H2,17,19,20). The summed E-state index contributed by atoms with van der Waals surface area (Å²) in [7, 11) is 0. The number of aromatic nitrogens is 2. The number of nitrogens with one attached hydrogen (secondary N) is 1. The monoisotopic (exact) mass is 301 g/mol. The number of nitrogens with zero attached hydrogens (tertiary/aromatic N) is 3. The first-order valence-corrected chi connectivity index (χ1v) is 8.40. The highest BCUT2D eigenvalue weighted by atomic mass is 16.1. The zero-order valence-corrected chi connectivity index (χ0v) is 12.8. The lowest BCUT2D eigenvalue weighted by Gasteiger charge is -2.42. The molecule has 1 aromatic rings. The number of fused-ring (bicyclic) bond motifs is 2. The number of nitrogens with two attached hydrogens (primary N) is 1. The third-order valence-corrected chi connectivity index (χ3v) is 5.30. The van der Waals surface area contributed by atoms with Crippen LogP contribution in [-0.2, 0) is 17.6 Å². The summed E-state index contributed by atoms with van der Waals surface area (Å²) in [6, 6.07) is 0.340. The molecular weight excluding hydrogens is 278 g/mol. The van der Waals surface area contributed by atoms with Crippen LogP contribution in [0.5, 0.6) is 0 Å². The molecule has 0 bridgehead atoms. The maximum Gasteiger partial charge on any atom is 0.222 e. The van der Waals surface area contributed by atoms with Crippen molar-refractivity contribution in [2.45, 2.75) is 51.0 Å². The number of carbonyl (C=O) groups excluding carboxylic acids is 1. The van der Waals surface area contributed by atoms with E-state index in [-0.39, 0.29) is 5.91 Å². The predicted molar refractivity (Wildman–Crippen MR) is 84.6 cm³/mol. The van der Waals surface area contributed by atoms with Crippen LogP contribution in [-0.4, -0.2) is 35.0 Å². The molecule has 1 aromatic heterocycles. The van der Waals surface area contributed by atoms with Gasteiger partial charge in [-0.3, -0.25) is 4.79 Å². The van der Waals surface area contributed by atoms with Gasteiger partial charge in [0.1, 0.15) is 5.82 Å². The van der Waals surface area contributed by atoms with Crippen LogP contribution in [0.15, 0.2) is 0 Å². The van der Waals surface area contributed by atoms with Crippen LogP contribution in [0, 0.1) is 5.92 Å². The van der Waals surface area contributed by atoms with Crippen LogP contribution in [0.25, 0.3) is 0 Å². The number of hydrogen-bond acceptors (Lipinski definition) is 5. The highest BCUT2D eigenvalue weighted by Gasteiger charge is 2.35. The van der Waals surface area contributed by atoms with E-state index in [1.54, 1.807) is 0 Å². The Morgan fingerprint density at radius 1 is 1.14 bits per heavy atom. The zero-order valence-electron chi connectivity index (χ0n) is 12.8. The largest absolute Gasteiger partial charge is 0.368 e. The van der Waals surface area contributed by atoms with Gasteiger partial charge in [0.25, 0.3) is 0 Å². The van der Waals surface area contributed by atoms with Crippen molar-refractivity contribution in [3.63, 3.8) is 0 Å². The van der Waals surface area contributed by atoms with Gasteiger partial charge in [0.2, 0.25) is 11.9 Å². The highest BCUT2D eigenvalue weighted by molar-refractivity contribution is 5.77. The lowest BCUT2D eigenvalue weighted by atomic mass is 9.84. The summed E-state index contributed by atoms with van der Waals surface area (Å²) in [4.78, 5) is 22.9. The summed E-state index contributed by atoms with van der Waals surface area (Å²) >= 11 is 0. The second-order valence-corrected chi connectivity index (χ2v) is 6.75. The van der Waals surface area contributed by atoms with E-state index in [0.29, 0.717) is 24.3 Å². The number of anilines is 2. The number of amides is 1. The normalized spacial score (nSPS) is 27.8. The summed E-state index contributed by atoms with van der Waals surface area (Å²) in [6.07, 6.45) is 7.12. The topological polar surface area (TPSA) is 84.1 Å². The minimum absolute atomic E-state index is 0.207. The molecular formula is C16H23N5O. The van der Waals surface area contributed by atoms with Gasteiger partial charge in [-0.2, -0.15) is 4.98 Å². The Morgan fingerprint density at radius 2 is 2.00 bits per heavy atom. The lowest BCUT2D eigenvalue weighted by molar-refractivity contribution is -0.124. The smallest absolute Gasteiger partial charge is 0.222 e. The van der Waals surface area contributed by atoms with E-state index in [1.165, 1.54) is 18.4 Å². The Bertz CT molecular complexity index is 602. The quantitative estimate of drug-likeness (QED) is 0.810. The summed E-state index contributed by atoms with van der Waals surface area (Å²) < 4.78 is 0. The van der Waals surface area contributed by atoms with Crippen LogP contribution in [0.2, 0.25) is 0 Å². The number of piperidine rings is 2. The Balaban J connectivity index is 1.60. The van der Waals surface area contributed by atoms with E-state index in [1.807, 2.05) is 0 Å². The van der Waals surface area contributed by atoms with E-state index >= 15 is 0 Å². The minimum Gasteiger partial charge on any atom is -0.368 e. The van der Waals surface area contributed by atoms with Gasteiger partial charge in [-0.15, -0.1) is 0 Å². The van der Waals surface area contributed by atoms with Gasteiger partial charge in [-0.05, 0) is 44.4 Å². The van der Waals surface area contributed by atoms with Crippen LogP contribution in [0.1, 0.15) is 43.4 Å². The SMILES string of the molecule is Nc1nc2c(c(N3CCC4NC(=O)CCC4C3)n1)CCCC2. The second kappa shape index (κ2) is 5.41. The van der Waals surface area contributed by atoms with Gasteiger partial charge >= 0.3 is 0 Å². The molecule has 3 heterocycles. The first-order valence-electron chi connectivity index (χ1n) is 8.40. The molecule has 6 heteroatoms. The van der Waals surface area contributed by atoms with Crippen LogP contribution >= 0.6 is 0 Å². The van der Waals surface area contributed by atoms with Crippen molar-refractivity contribution < 1.29 is 4.79 Å². The summed E-state index contributed by atoms with van der Waals surface area (Å²) in [5.41, 5.74) is 8.38. The fourth-order valence-corrected chi connectivity index (χ4v) is 4.16. The average molecular weight is 301 g/mol. The molecule has 118 valence electrons. The number of carbonyl (C=O) groups is 1. The molecule has 6 nitrogen and oxygen atoms in total. The van der Waals surface area contributed by atoms with E-state index in [4.69, 9.17) is 5.73 Å². The molecule has 3 aliphatic rings. The molecule has 3 N–H and O–H groups in total. The maximum atomic E-state index is 11.5. The zero-order chi connectivity index (χ0) is 15.1. The van der Waals surface area contributed by atoms with Crippen LogP contribution < -0.4 is 16.0 Å². The van der Waals surface area contributed by atoms with Crippen molar-refractivity contribution in [3.05, 3.63) is 11.3 Å². The third-order valence-electron chi connectivity index (χ3n) is 5.30. The minimum atomic E-state index is 0.207. The lowest BCUT2D eigenvalue weighted by Crippen LogP contribution is -2.54. The van der Waals surface area contributed by atoms with Crippen LogP contribution in [0.4, 0.5) is 11.8 Å². The van der Waals surface area contributed by atoms with Crippen molar-refractivity contribution in [1.82, 2.24) is 15.3 Å². The first kappa shape index (κ1) is 13.8. The number of nitrogen functional groups attached to an aromatic ring is 1. The van der Waals surface area contributed by atoms with E-state index in [9.17, 15) is 4.79 Å². The number of aryl methyl sites for hydroxylation is 1. The van der Waals surface area contributed by atoms with E-state index < -0.39 is 0 Å². The molecule has 1 amide bonds. The molecule has 2 unspecified atom stereocenters. The van der Waals surface area contributed by atoms with Crippen molar-refractivity contribution in [2.75, 3.05) is 23.7 Å². The number of hydrogen-bond donors (Lipinski definition) is 2. The average Bonchev–Trinajstić information content (AvgIpc) is 2.53. The third kappa shape index (κ3) is 2.40. The first-order chi connectivity index (χ1) is 10.7. The molecule has 2 saturated heterocycles. The maximum absolute atomic E-state index is 11.5. The van der Waals surface area contributed by atoms with Gasteiger partial charge in [0.15, 0.2) is 0 Å².